The fourth-order valence-electron chi connectivity index (χ4n) is 4.34. The van der Waals surface area contributed by atoms with Crippen LogP contribution in [0.15, 0.2) is 24.3 Å². The average molecular weight is 481 g/mol. The van der Waals surface area contributed by atoms with Gasteiger partial charge in [0.15, 0.2) is 9.04 Å². The zero-order valence-corrected chi connectivity index (χ0v) is 22.6. The van der Waals surface area contributed by atoms with Crippen molar-refractivity contribution < 1.29 is 18.8 Å². The molecule has 4 atom stereocenters. The molecule has 1 aliphatic rings. The quantitative estimate of drug-likeness (QED) is 0.467. The smallest absolute Gasteiger partial charge is 0.262 e. The third-order valence-electron chi connectivity index (χ3n) is 6.52. The highest BCUT2D eigenvalue weighted by molar-refractivity contribution is 6.48. The molecule has 2 rings (SSSR count). The minimum Gasteiger partial charge on any atom is -0.414 e. The Hall–Kier alpha value is -1.70. The highest BCUT2D eigenvalue weighted by Gasteiger charge is 2.59. The number of β-lactam (4-membered cyclic amide) rings is 1. The molecule has 178 valence electrons. The summed E-state index contributed by atoms with van der Waals surface area (Å²) in [5.41, 5.74) is -0.769. The Morgan fingerprint density at radius 1 is 1.12 bits per heavy atom. The van der Waals surface area contributed by atoms with Gasteiger partial charge in [-0.15, -0.1) is 0 Å². The molecule has 0 aliphatic carbocycles. The number of rotatable bonds is 7. The van der Waals surface area contributed by atoms with E-state index in [1.165, 1.54) is 4.90 Å². The molecule has 0 spiro atoms. The largest absolute Gasteiger partial charge is 0.414 e. The van der Waals surface area contributed by atoms with E-state index in [0.717, 1.165) is 0 Å². The summed E-state index contributed by atoms with van der Waals surface area (Å²) < 4.78 is 6.45. The Bertz CT molecular complexity index is 883. The molecule has 0 radical (unpaired) electrons. The van der Waals surface area contributed by atoms with Gasteiger partial charge in [-0.3, -0.25) is 19.3 Å². The number of hydrogen-bond acceptors (Lipinski definition) is 4. The van der Waals surface area contributed by atoms with Crippen LogP contribution in [0.3, 0.4) is 0 Å². The van der Waals surface area contributed by atoms with E-state index in [-0.39, 0.29) is 28.8 Å². The highest BCUT2D eigenvalue weighted by atomic mass is 35.5. The molecule has 0 aromatic heterocycles. The summed E-state index contributed by atoms with van der Waals surface area (Å²) in [4.78, 5) is 40.8. The molecule has 1 fully saturated rings. The van der Waals surface area contributed by atoms with Gasteiger partial charge in [-0.25, -0.2) is 0 Å². The summed E-state index contributed by atoms with van der Waals surface area (Å²) in [6, 6.07) is 5.91. The summed E-state index contributed by atoms with van der Waals surface area (Å²) in [7, 11) is -1.49. The molecule has 0 saturated carbocycles. The summed E-state index contributed by atoms with van der Waals surface area (Å²) in [5, 5.41) is 3.22. The van der Waals surface area contributed by atoms with Gasteiger partial charge in [0.1, 0.15) is 0 Å². The third-order valence-corrected chi connectivity index (χ3v) is 7.81. The van der Waals surface area contributed by atoms with Crippen molar-refractivity contribution in [3.8, 4) is 0 Å². The van der Waals surface area contributed by atoms with E-state index in [4.69, 9.17) is 16.0 Å². The van der Waals surface area contributed by atoms with Gasteiger partial charge in [0, 0.05) is 6.04 Å². The van der Waals surface area contributed by atoms with Crippen molar-refractivity contribution in [1.29, 1.82) is 0 Å². The minimum absolute atomic E-state index is 0.116. The fraction of sp³-hybridized carbons (Fsp3) is 0.625. The first-order valence-corrected chi connectivity index (χ1v) is 14.4. The summed E-state index contributed by atoms with van der Waals surface area (Å²) in [6.45, 7) is 17.7. The molecule has 1 heterocycles. The van der Waals surface area contributed by atoms with Gasteiger partial charge in [0.05, 0.1) is 34.1 Å². The number of imide groups is 1. The topological polar surface area (TPSA) is 75.7 Å². The maximum atomic E-state index is 13.6. The minimum atomic E-state index is -1.49. The number of nitrogens with one attached hydrogen (secondary N) is 1. The molecule has 32 heavy (non-hydrogen) atoms. The predicted molar refractivity (Wildman–Crippen MR) is 130 cm³/mol. The molecule has 1 aromatic carbocycles. The van der Waals surface area contributed by atoms with Crippen molar-refractivity contribution in [3.05, 3.63) is 34.9 Å². The second kappa shape index (κ2) is 9.65. The number of halogens is 1. The Morgan fingerprint density at radius 3 is 2.12 bits per heavy atom. The summed E-state index contributed by atoms with van der Waals surface area (Å²) in [5.74, 6) is -1.98. The van der Waals surface area contributed by atoms with Crippen LogP contribution in [0.4, 0.5) is 0 Å². The van der Waals surface area contributed by atoms with Crippen LogP contribution >= 0.6 is 11.6 Å². The van der Waals surface area contributed by atoms with E-state index in [1.807, 2.05) is 6.92 Å². The molecule has 1 aliphatic heterocycles. The van der Waals surface area contributed by atoms with Gasteiger partial charge in [-0.1, -0.05) is 51.4 Å². The maximum Gasteiger partial charge on any atom is 0.262 e. The zero-order chi connectivity index (χ0) is 24.6. The van der Waals surface area contributed by atoms with E-state index in [2.05, 4.69) is 39.2 Å². The molecule has 1 N–H and O–H groups in total. The lowest BCUT2D eigenvalue weighted by atomic mass is 9.62. The van der Waals surface area contributed by atoms with E-state index >= 15 is 0 Å². The van der Waals surface area contributed by atoms with Crippen LogP contribution < -0.4 is 5.32 Å². The number of amides is 3. The van der Waals surface area contributed by atoms with Crippen molar-refractivity contribution in [2.24, 2.45) is 17.3 Å². The highest BCUT2D eigenvalue weighted by Crippen LogP contribution is 2.46. The Labute approximate surface area is 198 Å². The van der Waals surface area contributed by atoms with Crippen LogP contribution in [-0.2, 0) is 14.0 Å². The molecular formula is C24H37ClN2O4Si. The second-order valence-electron chi connectivity index (χ2n) is 10.4. The van der Waals surface area contributed by atoms with Crippen molar-refractivity contribution in [1.82, 2.24) is 10.2 Å². The number of benzene rings is 1. The summed E-state index contributed by atoms with van der Waals surface area (Å²) >= 11 is 6.23. The van der Waals surface area contributed by atoms with Crippen LogP contribution in [0.5, 0.6) is 0 Å². The number of carbonyl (C=O) groups excluding carboxylic acids is 3. The van der Waals surface area contributed by atoms with Crippen LogP contribution in [0.1, 0.15) is 58.8 Å². The van der Waals surface area contributed by atoms with E-state index < -0.39 is 38.4 Å². The maximum absolute atomic E-state index is 13.6. The fourth-order valence-corrected chi connectivity index (χ4v) is 6.04. The van der Waals surface area contributed by atoms with Gasteiger partial charge in [0.2, 0.25) is 11.8 Å². The first-order valence-electron chi connectivity index (χ1n) is 11.2. The van der Waals surface area contributed by atoms with Crippen molar-refractivity contribution in [2.45, 2.75) is 79.2 Å². The van der Waals surface area contributed by atoms with Crippen LogP contribution in [0, 0.1) is 17.3 Å². The van der Waals surface area contributed by atoms with Gasteiger partial charge in [-0.05, 0) is 51.4 Å². The van der Waals surface area contributed by atoms with Gasteiger partial charge in [0.25, 0.3) is 5.91 Å². The second-order valence-corrected chi connectivity index (χ2v) is 13.2. The first kappa shape index (κ1) is 26.5. The van der Waals surface area contributed by atoms with E-state index in [9.17, 15) is 14.4 Å². The first-order chi connectivity index (χ1) is 14.6. The molecule has 1 aromatic rings. The monoisotopic (exact) mass is 480 g/mol. The number of nitrogens with zero attached hydrogens (tertiary/aromatic N) is 1. The number of carbonyl (C=O) groups is 3. The average Bonchev–Trinajstić information content (AvgIpc) is 2.63. The third kappa shape index (κ3) is 4.95. The SMILES string of the molecule is CC(C)N(C(=O)c1ccccc1Cl)C(=O)[C@H](C)[C@H]1NC(=O)[C@@H]1[C@@](C)(O[SiH](C)C)C(C)(C)C. The molecule has 0 bridgehead atoms. The molecule has 0 unspecified atom stereocenters. The lowest BCUT2D eigenvalue weighted by Gasteiger charge is -2.55. The van der Waals surface area contributed by atoms with Gasteiger partial charge < -0.3 is 9.74 Å². The van der Waals surface area contributed by atoms with E-state index in [0.29, 0.717) is 5.02 Å². The normalized spacial score (nSPS) is 21.6. The Kier molecular flexibility index (Phi) is 8.01. The van der Waals surface area contributed by atoms with Gasteiger partial charge in [-0.2, -0.15) is 0 Å². The Morgan fingerprint density at radius 2 is 1.69 bits per heavy atom. The molecule has 1 saturated heterocycles. The van der Waals surface area contributed by atoms with Crippen LogP contribution in [-0.4, -0.2) is 49.3 Å². The van der Waals surface area contributed by atoms with Crippen LogP contribution in [0.25, 0.3) is 0 Å². The van der Waals surface area contributed by atoms with Gasteiger partial charge >= 0.3 is 0 Å². The van der Waals surface area contributed by atoms with E-state index in [1.54, 1.807) is 45.0 Å². The number of hydrogen-bond donors (Lipinski definition) is 1. The zero-order valence-electron chi connectivity index (χ0n) is 20.7. The van der Waals surface area contributed by atoms with Crippen molar-refractivity contribution >= 4 is 38.4 Å². The van der Waals surface area contributed by atoms with Crippen molar-refractivity contribution in [3.63, 3.8) is 0 Å². The molecule has 3 amide bonds. The lowest BCUT2D eigenvalue weighted by molar-refractivity contribution is -0.165. The lowest BCUT2D eigenvalue weighted by Crippen LogP contribution is -2.73. The summed E-state index contributed by atoms with van der Waals surface area (Å²) in [6.07, 6.45) is 0. The molecular weight excluding hydrogens is 444 g/mol. The molecule has 6 nitrogen and oxygen atoms in total. The molecule has 8 heteroatoms. The van der Waals surface area contributed by atoms with Crippen LogP contribution in [0.2, 0.25) is 18.1 Å². The standard InChI is InChI=1S/C24H37ClN2O4Si/c1-14(2)27(22(30)16-12-10-11-13-17(16)25)21(29)15(3)19-18(20(28)26-19)24(7,23(4,5)6)31-32(8)9/h10-15,18-19,32H,1-9H3,(H,26,28)/t15-,18-,19-,24-/m1/s1. The predicted octanol–water partition coefficient (Wildman–Crippen LogP) is 4.27. The Balaban J connectivity index is 2.38. The van der Waals surface area contributed by atoms with Crippen molar-refractivity contribution in [2.75, 3.05) is 0 Å².